The van der Waals surface area contributed by atoms with Gasteiger partial charge in [0.25, 0.3) is 0 Å². The first-order valence-electron chi connectivity index (χ1n) is 12.1. The molecule has 1 N–H and O–H groups in total. The number of amides is 2. The molecule has 3 aromatic rings. The fourth-order valence-electron chi connectivity index (χ4n) is 4.02. The first-order chi connectivity index (χ1) is 18.0. The van der Waals surface area contributed by atoms with Crippen LogP contribution in [0.1, 0.15) is 25.0 Å². The third-order valence-corrected chi connectivity index (χ3v) is 7.11. The molecule has 0 radical (unpaired) electrons. The predicted molar refractivity (Wildman–Crippen MR) is 148 cm³/mol. The third kappa shape index (κ3) is 8.03. The second-order valence-electron chi connectivity index (χ2n) is 9.24. The van der Waals surface area contributed by atoms with E-state index in [0.29, 0.717) is 10.6 Å². The highest BCUT2D eigenvalue weighted by atomic mass is 35.5. The number of nitrogens with one attached hydrogen (secondary N) is 1. The van der Waals surface area contributed by atoms with E-state index in [0.717, 1.165) is 22.2 Å². The number of carbonyl (C=O) groups excluding carboxylic acids is 2. The number of benzene rings is 3. The van der Waals surface area contributed by atoms with Gasteiger partial charge in [-0.15, -0.1) is 0 Å². The van der Waals surface area contributed by atoms with Gasteiger partial charge in [0.2, 0.25) is 21.8 Å². The van der Waals surface area contributed by atoms with Crippen molar-refractivity contribution in [3.8, 4) is 0 Å². The third-order valence-electron chi connectivity index (χ3n) is 5.74. The average molecular weight is 560 g/mol. The Morgan fingerprint density at radius 2 is 1.58 bits per heavy atom. The number of anilines is 1. The molecular weight excluding hydrogens is 529 g/mol. The smallest absolute Gasteiger partial charge is 0.244 e. The Hall–Kier alpha value is -3.43. The summed E-state index contributed by atoms with van der Waals surface area (Å²) in [6.07, 6.45) is 1.09. The van der Waals surface area contributed by atoms with Crippen molar-refractivity contribution in [1.82, 2.24) is 10.2 Å². The van der Waals surface area contributed by atoms with E-state index in [-0.39, 0.29) is 24.7 Å². The number of nitrogens with zero attached hydrogens (tertiary/aromatic N) is 2. The number of carbonyl (C=O) groups is 2. The van der Waals surface area contributed by atoms with Crippen LogP contribution in [0.4, 0.5) is 10.1 Å². The van der Waals surface area contributed by atoms with Gasteiger partial charge in [0.15, 0.2) is 0 Å². The summed E-state index contributed by atoms with van der Waals surface area (Å²) >= 11 is 6.18. The van der Waals surface area contributed by atoms with Crippen LogP contribution in [0.15, 0.2) is 78.9 Å². The van der Waals surface area contributed by atoms with E-state index in [2.05, 4.69) is 5.32 Å². The Balaban J connectivity index is 2.07. The Morgan fingerprint density at radius 3 is 2.18 bits per heavy atom. The minimum atomic E-state index is -4.05. The van der Waals surface area contributed by atoms with Gasteiger partial charge in [-0.3, -0.25) is 13.9 Å². The van der Waals surface area contributed by atoms with E-state index in [1.807, 2.05) is 44.2 Å². The molecule has 3 rings (SSSR count). The van der Waals surface area contributed by atoms with Gasteiger partial charge in [0, 0.05) is 24.0 Å². The summed E-state index contributed by atoms with van der Waals surface area (Å²) in [6.45, 7) is 2.91. The second-order valence-corrected chi connectivity index (χ2v) is 11.6. The van der Waals surface area contributed by atoms with Gasteiger partial charge in [-0.2, -0.15) is 0 Å². The predicted octanol–water partition coefficient (Wildman–Crippen LogP) is 4.41. The number of hydrogen-bond acceptors (Lipinski definition) is 4. The van der Waals surface area contributed by atoms with E-state index in [1.165, 1.54) is 23.1 Å². The van der Waals surface area contributed by atoms with Gasteiger partial charge in [0.05, 0.1) is 11.9 Å². The normalized spacial score (nSPS) is 12.2. The molecule has 3 aromatic carbocycles. The lowest BCUT2D eigenvalue weighted by Gasteiger charge is -2.34. The van der Waals surface area contributed by atoms with Crippen LogP contribution in [0.2, 0.25) is 5.02 Å². The highest BCUT2D eigenvalue weighted by molar-refractivity contribution is 7.92. The largest absolute Gasteiger partial charge is 0.352 e. The summed E-state index contributed by atoms with van der Waals surface area (Å²) in [5, 5.41) is 3.32. The van der Waals surface area contributed by atoms with E-state index in [9.17, 15) is 22.4 Å². The summed E-state index contributed by atoms with van der Waals surface area (Å²) in [7, 11) is -4.05. The molecule has 1 atom stereocenters. The molecule has 38 heavy (non-hydrogen) atoms. The zero-order valence-corrected chi connectivity index (χ0v) is 23.0. The van der Waals surface area contributed by atoms with Crippen LogP contribution in [0.25, 0.3) is 0 Å². The van der Waals surface area contributed by atoms with Gasteiger partial charge < -0.3 is 10.2 Å². The highest BCUT2D eigenvalue weighted by Crippen LogP contribution is 2.23. The van der Waals surface area contributed by atoms with Crippen LogP contribution in [-0.4, -0.2) is 50.0 Å². The van der Waals surface area contributed by atoms with Crippen molar-refractivity contribution in [2.75, 3.05) is 17.1 Å². The van der Waals surface area contributed by atoms with Crippen LogP contribution >= 0.6 is 11.6 Å². The molecule has 0 spiro atoms. The fraction of sp³-hybridized carbons (Fsp3) is 0.286. The Kier molecular flexibility index (Phi) is 9.88. The molecule has 0 fully saturated rings. The molecule has 0 saturated carbocycles. The number of halogens is 2. The first-order valence-corrected chi connectivity index (χ1v) is 14.3. The lowest BCUT2D eigenvalue weighted by Crippen LogP contribution is -2.54. The van der Waals surface area contributed by atoms with Crippen molar-refractivity contribution >= 4 is 39.1 Å². The van der Waals surface area contributed by atoms with Crippen LogP contribution in [0.5, 0.6) is 0 Å². The van der Waals surface area contributed by atoms with Gasteiger partial charge in [-0.25, -0.2) is 12.8 Å². The SMILES string of the molecule is CC(C)NC(=O)[C@H](Cc1ccccc1)N(Cc1cccc(Cl)c1)C(=O)CN(c1ccccc1F)S(C)(=O)=O. The van der Waals surface area contributed by atoms with Gasteiger partial charge in [-0.1, -0.05) is 66.2 Å². The molecule has 0 heterocycles. The van der Waals surface area contributed by atoms with Crippen LogP contribution in [0.3, 0.4) is 0 Å². The summed E-state index contributed by atoms with van der Waals surface area (Å²) < 4.78 is 40.7. The number of para-hydroxylation sites is 1. The zero-order chi connectivity index (χ0) is 27.9. The molecule has 10 heteroatoms. The second kappa shape index (κ2) is 12.9. The van der Waals surface area contributed by atoms with E-state index >= 15 is 0 Å². The minimum absolute atomic E-state index is 0.0166. The van der Waals surface area contributed by atoms with E-state index in [4.69, 9.17) is 11.6 Å². The fourth-order valence-corrected chi connectivity index (χ4v) is 5.08. The number of sulfonamides is 1. The quantitative estimate of drug-likeness (QED) is 0.377. The van der Waals surface area contributed by atoms with Gasteiger partial charge in [0.1, 0.15) is 18.4 Å². The lowest BCUT2D eigenvalue weighted by molar-refractivity contribution is -0.140. The molecule has 0 aliphatic rings. The monoisotopic (exact) mass is 559 g/mol. The van der Waals surface area contributed by atoms with Gasteiger partial charge in [-0.05, 0) is 49.2 Å². The summed E-state index contributed by atoms with van der Waals surface area (Å²) in [5.41, 5.74) is 1.21. The lowest BCUT2D eigenvalue weighted by atomic mass is 10.0. The van der Waals surface area contributed by atoms with Crippen LogP contribution in [-0.2, 0) is 32.6 Å². The molecule has 0 aromatic heterocycles. The van der Waals surface area contributed by atoms with Crippen LogP contribution < -0.4 is 9.62 Å². The highest BCUT2D eigenvalue weighted by Gasteiger charge is 2.33. The topological polar surface area (TPSA) is 86.8 Å². The molecule has 7 nitrogen and oxygen atoms in total. The molecule has 2 amide bonds. The number of hydrogen-bond donors (Lipinski definition) is 1. The van der Waals surface area contributed by atoms with Crippen molar-refractivity contribution in [3.63, 3.8) is 0 Å². The molecule has 0 aliphatic heterocycles. The Bertz CT molecular complexity index is 1370. The minimum Gasteiger partial charge on any atom is -0.352 e. The maximum Gasteiger partial charge on any atom is 0.244 e. The summed E-state index contributed by atoms with van der Waals surface area (Å²) in [4.78, 5) is 28.7. The maximum absolute atomic E-state index is 14.6. The van der Waals surface area contributed by atoms with Gasteiger partial charge >= 0.3 is 0 Å². The zero-order valence-electron chi connectivity index (χ0n) is 21.5. The average Bonchev–Trinajstić information content (AvgIpc) is 2.84. The number of rotatable bonds is 11. The molecule has 0 unspecified atom stereocenters. The summed E-state index contributed by atoms with van der Waals surface area (Å²) in [6, 6.07) is 20.2. The molecule has 202 valence electrons. The molecule has 0 bridgehead atoms. The first kappa shape index (κ1) is 29.1. The van der Waals surface area contributed by atoms with E-state index < -0.39 is 40.2 Å². The van der Waals surface area contributed by atoms with Crippen molar-refractivity contribution < 1.29 is 22.4 Å². The van der Waals surface area contributed by atoms with E-state index in [1.54, 1.807) is 24.3 Å². The van der Waals surface area contributed by atoms with Crippen molar-refractivity contribution in [1.29, 1.82) is 0 Å². The van der Waals surface area contributed by atoms with Crippen molar-refractivity contribution in [2.24, 2.45) is 0 Å². The maximum atomic E-state index is 14.6. The Morgan fingerprint density at radius 1 is 0.947 bits per heavy atom. The summed E-state index contributed by atoms with van der Waals surface area (Å²) in [5.74, 6) is -1.85. The molecule has 0 saturated heterocycles. The standard InChI is InChI=1S/C28H31ClFN3O4S/c1-20(2)31-28(35)26(17-21-10-5-4-6-11-21)32(18-22-12-9-13-23(29)16-22)27(34)19-33(38(3,36)37)25-15-8-7-14-24(25)30/h4-16,20,26H,17-19H2,1-3H3,(H,31,35)/t26-/m0/s1. The molecular formula is C28H31ClFN3O4S. The molecule has 0 aliphatic carbocycles. The Labute approximate surface area is 228 Å². The van der Waals surface area contributed by atoms with Crippen molar-refractivity contribution in [2.45, 2.75) is 38.9 Å². The van der Waals surface area contributed by atoms with Crippen molar-refractivity contribution in [3.05, 3.63) is 101 Å². The van der Waals surface area contributed by atoms with Crippen LogP contribution in [0, 0.1) is 5.82 Å².